The second kappa shape index (κ2) is 2.29. The highest BCUT2D eigenvalue weighted by atomic mass is 14.8. The lowest BCUT2D eigenvalue weighted by atomic mass is 10.2. The Bertz CT molecular complexity index is 615. The first kappa shape index (κ1) is 5.70. The summed E-state index contributed by atoms with van der Waals surface area (Å²) < 4.78 is 7.40. The van der Waals surface area contributed by atoms with Crippen LogP contribution in [0.4, 0.5) is 0 Å². The lowest BCUT2D eigenvalue weighted by molar-refractivity contribution is 1.33. The van der Waals surface area contributed by atoms with E-state index in [1.165, 1.54) is 0 Å². The molecule has 3 aromatic heterocycles. The van der Waals surface area contributed by atoms with E-state index in [0.29, 0.717) is 0 Å². The van der Waals surface area contributed by atoms with Crippen molar-refractivity contribution in [2.24, 2.45) is 0 Å². The van der Waals surface area contributed by atoms with Crippen LogP contribution in [0.2, 0.25) is 0 Å². The predicted molar refractivity (Wildman–Crippen MR) is 51.4 cm³/mol. The zero-order valence-electron chi connectivity index (χ0n) is 7.78. The fourth-order valence-corrected chi connectivity index (χ4v) is 1.52. The molecule has 0 radical (unpaired) electrons. The summed E-state index contributed by atoms with van der Waals surface area (Å²) in [5.74, 6) is 0. The number of hydrogen-bond donors (Lipinski definition) is 1. The van der Waals surface area contributed by atoms with Crippen molar-refractivity contribution in [1.82, 2.24) is 15.0 Å². The van der Waals surface area contributed by atoms with Crippen LogP contribution in [0.5, 0.6) is 0 Å². The van der Waals surface area contributed by atoms with Gasteiger partial charge in [0.25, 0.3) is 0 Å². The van der Waals surface area contributed by atoms with Gasteiger partial charge in [0.1, 0.15) is 5.65 Å². The van der Waals surface area contributed by atoms with Crippen LogP contribution in [0.25, 0.3) is 21.9 Å². The normalized spacial score (nSPS) is 12.2. The molecule has 0 aromatic carbocycles. The van der Waals surface area contributed by atoms with Crippen LogP contribution < -0.4 is 0 Å². The highest BCUT2D eigenvalue weighted by molar-refractivity contribution is 6.05. The summed E-state index contributed by atoms with van der Waals surface area (Å²) in [4.78, 5) is 11.3. The first-order valence-electron chi connectivity index (χ1n) is 4.53. The largest absolute Gasteiger partial charge is 0.339 e. The first-order valence-corrected chi connectivity index (χ1v) is 4.03. The van der Waals surface area contributed by atoms with Crippen LogP contribution in [-0.4, -0.2) is 15.0 Å². The Labute approximate surface area is 75.8 Å². The second-order valence-electron chi connectivity index (χ2n) is 2.88. The Morgan fingerprint density at radius 1 is 1.31 bits per heavy atom. The van der Waals surface area contributed by atoms with Crippen LogP contribution in [0.3, 0.4) is 0 Å². The van der Waals surface area contributed by atoms with Crippen molar-refractivity contribution >= 4 is 21.9 Å². The standard InChI is InChI=1S/C10H7N3/c1-2-7-8-6-11-5-3-9(8)13-10(7)12-4-1/h1-6H,(H,12,13)/i4D. The van der Waals surface area contributed by atoms with Crippen LogP contribution >= 0.6 is 0 Å². The average molecular weight is 170 g/mol. The zero-order chi connectivity index (χ0) is 9.54. The molecule has 0 aliphatic heterocycles. The van der Waals surface area contributed by atoms with Crippen molar-refractivity contribution < 1.29 is 1.37 Å². The van der Waals surface area contributed by atoms with Crippen molar-refractivity contribution in [3.8, 4) is 0 Å². The lowest BCUT2D eigenvalue weighted by Crippen LogP contribution is -1.71. The van der Waals surface area contributed by atoms with E-state index in [1.807, 2.05) is 12.1 Å². The summed E-state index contributed by atoms with van der Waals surface area (Å²) in [5.41, 5.74) is 1.76. The quantitative estimate of drug-likeness (QED) is 0.561. The van der Waals surface area contributed by atoms with Crippen molar-refractivity contribution in [2.45, 2.75) is 0 Å². The number of H-pyrrole nitrogens is 1. The van der Waals surface area contributed by atoms with Gasteiger partial charge in [0, 0.05) is 29.3 Å². The van der Waals surface area contributed by atoms with Gasteiger partial charge in [0.05, 0.1) is 6.89 Å². The minimum Gasteiger partial charge on any atom is -0.339 e. The van der Waals surface area contributed by atoms with Gasteiger partial charge in [-0.1, -0.05) is 0 Å². The van der Waals surface area contributed by atoms with E-state index in [4.69, 9.17) is 1.37 Å². The highest BCUT2D eigenvalue weighted by Gasteiger charge is 2.02. The molecule has 0 aliphatic carbocycles. The molecule has 0 unspecified atom stereocenters. The molecule has 0 fully saturated rings. The summed E-state index contributed by atoms with van der Waals surface area (Å²) in [6.45, 7) is 0. The van der Waals surface area contributed by atoms with Crippen molar-refractivity contribution in [2.75, 3.05) is 0 Å². The molecular formula is C10H7N3. The molecule has 0 bridgehead atoms. The van der Waals surface area contributed by atoms with E-state index in [-0.39, 0.29) is 6.17 Å². The van der Waals surface area contributed by atoms with E-state index < -0.39 is 0 Å². The second-order valence-corrected chi connectivity index (χ2v) is 2.88. The average Bonchev–Trinajstić information content (AvgIpc) is 2.54. The van der Waals surface area contributed by atoms with Crippen molar-refractivity contribution in [3.63, 3.8) is 0 Å². The summed E-state index contributed by atoms with van der Waals surface area (Å²) in [5, 5.41) is 2.07. The van der Waals surface area contributed by atoms with Gasteiger partial charge in [-0.2, -0.15) is 0 Å². The summed E-state index contributed by atoms with van der Waals surface area (Å²) in [7, 11) is 0. The van der Waals surface area contributed by atoms with E-state index in [2.05, 4.69) is 15.0 Å². The van der Waals surface area contributed by atoms with E-state index >= 15 is 0 Å². The molecule has 0 amide bonds. The van der Waals surface area contributed by atoms with Gasteiger partial charge < -0.3 is 4.98 Å². The Balaban J connectivity index is 2.57. The third-order valence-electron chi connectivity index (χ3n) is 2.12. The monoisotopic (exact) mass is 170 g/mol. The Morgan fingerprint density at radius 3 is 3.31 bits per heavy atom. The number of nitrogens with zero attached hydrogens (tertiary/aromatic N) is 2. The van der Waals surface area contributed by atoms with Crippen molar-refractivity contribution in [1.29, 1.82) is 0 Å². The van der Waals surface area contributed by atoms with Crippen LogP contribution in [0.1, 0.15) is 1.37 Å². The van der Waals surface area contributed by atoms with Gasteiger partial charge in [-0.05, 0) is 18.2 Å². The molecule has 0 atom stereocenters. The highest BCUT2D eigenvalue weighted by Crippen LogP contribution is 2.21. The van der Waals surface area contributed by atoms with Crippen LogP contribution in [0.15, 0.2) is 36.8 Å². The molecule has 0 saturated heterocycles. The number of aromatic amines is 1. The van der Waals surface area contributed by atoms with Gasteiger partial charge in [-0.3, -0.25) is 4.98 Å². The Kier molecular flexibility index (Phi) is 1.00. The Hall–Kier alpha value is -1.90. The topological polar surface area (TPSA) is 41.6 Å². The van der Waals surface area contributed by atoms with Crippen molar-refractivity contribution in [3.05, 3.63) is 36.8 Å². The number of fused-ring (bicyclic) bond motifs is 3. The number of hydrogen-bond acceptors (Lipinski definition) is 2. The SMILES string of the molecule is [2H]c1ccc2c(n1)[nH]c1ccncc12. The van der Waals surface area contributed by atoms with Gasteiger partial charge in [0.15, 0.2) is 0 Å². The first-order chi connectivity index (χ1) is 6.84. The maximum absolute atomic E-state index is 7.40. The summed E-state index contributed by atoms with van der Waals surface area (Å²) in [6.07, 6.45) is 3.82. The molecule has 3 nitrogen and oxygen atoms in total. The molecule has 3 heteroatoms. The molecule has 0 aliphatic rings. The van der Waals surface area contributed by atoms with E-state index in [9.17, 15) is 0 Å². The molecule has 13 heavy (non-hydrogen) atoms. The third kappa shape index (κ3) is 0.839. The maximum Gasteiger partial charge on any atom is 0.138 e. The van der Waals surface area contributed by atoms with Gasteiger partial charge in [-0.25, -0.2) is 4.98 Å². The molecule has 3 rings (SSSR count). The molecule has 0 saturated carbocycles. The minimum absolute atomic E-state index is 0.275. The maximum atomic E-state index is 7.40. The molecule has 3 heterocycles. The third-order valence-corrected chi connectivity index (χ3v) is 2.12. The number of aromatic nitrogens is 3. The van der Waals surface area contributed by atoms with Gasteiger partial charge in [-0.15, -0.1) is 0 Å². The van der Waals surface area contributed by atoms with Crippen LogP contribution in [0, 0.1) is 0 Å². The predicted octanol–water partition coefficient (Wildman–Crippen LogP) is 2.11. The number of rotatable bonds is 0. The molecule has 0 spiro atoms. The van der Waals surface area contributed by atoms with Gasteiger partial charge >= 0.3 is 0 Å². The van der Waals surface area contributed by atoms with E-state index in [0.717, 1.165) is 21.9 Å². The minimum atomic E-state index is 0.275. The van der Waals surface area contributed by atoms with E-state index in [1.54, 1.807) is 18.5 Å². The fourth-order valence-electron chi connectivity index (χ4n) is 1.52. The zero-order valence-corrected chi connectivity index (χ0v) is 6.78. The number of pyridine rings is 2. The fraction of sp³-hybridized carbons (Fsp3) is 0. The Morgan fingerprint density at radius 2 is 2.31 bits per heavy atom. The number of nitrogens with one attached hydrogen (secondary N) is 1. The van der Waals surface area contributed by atoms with Gasteiger partial charge in [0.2, 0.25) is 0 Å². The lowest BCUT2D eigenvalue weighted by Gasteiger charge is -1.86. The molecule has 1 N–H and O–H groups in total. The smallest absolute Gasteiger partial charge is 0.138 e. The summed E-state index contributed by atoms with van der Waals surface area (Å²) >= 11 is 0. The summed E-state index contributed by atoms with van der Waals surface area (Å²) in [6, 6.07) is 5.48. The van der Waals surface area contributed by atoms with Crippen LogP contribution in [-0.2, 0) is 0 Å². The molecular weight excluding hydrogens is 162 g/mol. The molecule has 3 aromatic rings. The molecule has 62 valence electrons.